The lowest BCUT2D eigenvalue weighted by Crippen LogP contribution is -2.59. The van der Waals surface area contributed by atoms with Crippen LogP contribution in [-0.2, 0) is 11.8 Å². The third kappa shape index (κ3) is 2.23. The van der Waals surface area contributed by atoms with Crippen LogP contribution < -0.4 is 5.73 Å². The van der Waals surface area contributed by atoms with Crippen LogP contribution in [0.2, 0.25) is 0 Å². The summed E-state index contributed by atoms with van der Waals surface area (Å²) in [4.78, 5) is 11.0. The third-order valence-corrected chi connectivity index (χ3v) is 7.12. The minimum atomic E-state index is 0.339. The Morgan fingerprint density at radius 2 is 1.96 bits per heavy atom. The molecule has 1 saturated carbocycles. The first-order valence-electron chi connectivity index (χ1n) is 9.59. The highest BCUT2D eigenvalue weighted by molar-refractivity contribution is 5.65. The maximum absolute atomic E-state index is 5.65. The first-order chi connectivity index (χ1) is 12.2. The van der Waals surface area contributed by atoms with Gasteiger partial charge in [-0.05, 0) is 61.9 Å². The number of likely N-dealkylation sites (tertiary alicyclic amines) is 1. The number of piperidine rings is 1. The molecule has 2 N–H and O–H groups in total. The van der Waals surface area contributed by atoms with E-state index < -0.39 is 0 Å². The molecule has 2 aliphatic carbocycles. The highest BCUT2D eigenvalue weighted by Gasteiger charge is 2.52. The first-order valence-corrected chi connectivity index (χ1v) is 9.59. The van der Waals surface area contributed by atoms with E-state index in [-0.39, 0.29) is 0 Å². The average Bonchev–Trinajstić information content (AvgIpc) is 2.65. The number of nitrogens with two attached hydrogens (primary N) is 1. The summed E-state index contributed by atoms with van der Waals surface area (Å²) in [5.74, 6) is 1.16. The number of aromatic nitrogens is 2. The van der Waals surface area contributed by atoms with Crippen LogP contribution in [0.4, 0.5) is 5.95 Å². The lowest BCUT2D eigenvalue weighted by molar-refractivity contribution is 0.00290. The molecule has 1 aromatic carbocycles. The van der Waals surface area contributed by atoms with Gasteiger partial charge in [0.25, 0.3) is 0 Å². The fraction of sp³-hybridized carbons (Fsp3) is 0.524. The molecule has 25 heavy (non-hydrogen) atoms. The molecular formula is C21H26N4. The van der Waals surface area contributed by atoms with Crippen molar-refractivity contribution in [1.29, 1.82) is 0 Å². The largest absolute Gasteiger partial charge is 0.368 e. The van der Waals surface area contributed by atoms with E-state index in [2.05, 4.69) is 40.1 Å². The van der Waals surface area contributed by atoms with Crippen molar-refractivity contribution in [3.8, 4) is 11.1 Å². The summed E-state index contributed by atoms with van der Waals surface area (Å²) < 4.78 is 0. The molecule has 0 radical (unpaired) electrons. The number of likely N-dealkylation sites (N-methyl/N-ethyl adjacent to an activating group) is 1. The Labute approximate surface area is 149 Å². The summed E-state index contributed by atoms with van der Waals surface area (Å²) in [6.45, 7) is 1.23. The molecule has 2 heterocycles. The van der Waals surface area contributed by atoms with Gasteiger partial charge >= 0.3 is 0 Å². The SMILES string of the molecule is CN1CC[C@]23CCCC[C@H]2[C@H]1Cc1ccc(-c2cnc(N)nc2)cc13. The van der Waals surface area contributed by atoms with Gasteiger partial charge in [-0.2, -0.15) is 0 Å². The van der Waals surface area contributed by atoms with Crippen LogP contribution in [0.1, 0.15) is 43.2 Å². The van der Waals surface area contributed by atoms with Crippen LogP contribution >= 0.6 is 0 Å². The van der Waals surface area contributed by atoms with Gasteiger partial charge in [-0.3, -0.25) is 0 Å². The van der Waals surface area contributed by atoms with Gasteiger partial charge in [-0.1, -0.05) is 31.0 Å². The molecule has 3 aliphatic rings. The zero-order chi connectivity index (χ0) is 17.0. The van der Waals surface area contributed by atoms with E-state index in [0.29, 0.717) is 11.4 Å². The molecule has 0 spiro atoms. The number of benzene rings is 1. The molecule has 3 atom stereocenters. The predicted octanol–water partition coefficient (Wildman–Crippen LogP) is 3.41. The molecular weight excluding hydrogens is 308 g/mol. The fourth-order valence-corrected chi connectivity index (χ4v) is 5.86. The Morgan fingerprint density at radius 1 is 1.12 bits per heavy atom. The van der Waals surface area contributed by atoms with E-state index in [0.717, 1.165) is 17.5 Å². The van der Waals surface area contributed by atoms with Gasteiger partial charge in [0.1, 0.15) is 0 Å². The first kappa shape index (κ1) is 15.3. The number of hydrogen-bond acceptors (Lipinski definition) is 4. The highest BCUT2D eigenvalue weighted by atomic mass is 15.1. The van der Waals surface area contributed by atoms with Gasteiger partial charge in [0, 0.05) is 29.4 Å². The van der Waals surface area contributed by atoms with Crippen LogP contribution in [0.5, 0.6) is 0 Å². The highest BCUT2D eigenvalue weighted by Crippen LogP contribution is 2.55. The standard InChI is InChI=1S/C21H26N4/c1-25-9-8-21-7-3-2-4-17(21)19(25)11-15-6-5-14(10-18(15)21)16-12-23-20(22)24-13-16/h5-6,10,12-13,17,19H,2-4,7-9,11H2,1H3,(H2,22,23,24)/t17-,19+,21+/m0/s1. The second-order valence-electron chi connectivity index (χ2n) is 8.21. The molecule has 4 nitrogen and oxygen atoms in total. The number of hydrogen-bond donors (Lipinski definition) is 1. The third-order valence-electron chi connectivity index (χ3n) is 7.12. The van der Waals surface area contributed by atoms with E-state index in [1.54, 1.807) is 11.1 Å². The van der Waals surface area contributed by atoms with E-state index in [1.807, 2.05) is 12.4 Å². The summed E-state index contributed by atoms with van der Waals surface area (Å²) in [5, 5.41) is 0. The molecule has 2 aromatic rings. The zero-order valence-electron chi connectivity index (χ0n) is 14.9. The molecule has 1 aromatic heterocycles. The number of rotatable bonds is 1. The summed E-state index contributed by atoms with van der Waals surface area (Å²) in [6, 6.07) is 7.78. The zero-order valence-corrected chi connectivity index (χ0v) is 14.9. The topological polar surface area (TPSA) is 55.0 Å². The van der Waals surface area contributed by atoms with Gasteiger partial charge in [0.15, 0.2) is 0 Å². The molecule has 0 amide bonds. The Balaban J connectivity index is 1.64. The molecule has 0 unspecified atom stereocenters. The maximum atomic E-state index is 5.65. The van der Waals surface area contributed by atoms with Gasteiger partial charge < -0.3 is 10.6 Å². The molecule has 5 rings (SSSR count). The van der Waals surface area contributed by atoms with E-state index in [9.17, 15) is 0 Å². The predicted molar refractivity (Wildman–Crippen MR) is 100 cm³/mol. The van der Waals surface area contributed by atoms with Gasteiger partial charge in [0.2, 0.25) is 5.95 Å². The van der Waals surface area contributed by atoms with Crippen molar-refractivity contribution in [1.82, 2.24) is 14.9 Å². The summed E-state index contributed by atoms with van der Waals surface area (Å²) in [5.41, 5.74) is 11.5. The number of anilines is 1. The van der Waals surface area contributed by atoms with Gasteiger partial charge in [-0.25, -0.2) is 9.97 Å². The minimum absolute atomic E-state index is 0.339. The van der Waals surface area contributed by atoms with Crippen molar-refractivity contribution in [2.24, 2.45) is 5.92 Å². The van der Waals surface area contributed by atoms with Crippen molar-refractivity contribution >= 4 is 5.95 Å². The second kappa shape index (κ2) is 5.53. The van der Waals surface area contributed by atoms with Crippen molar-refractivity contribution in [2.45, 2.75) is 50.0 Å². The summed E-state index contributed by atoms with van der Waals surface area (Å²) in [7, 11) is 2.33. The number of nitrogen functional groups attached to an aromatic ring is 1. The van der Waals surface area contributed by atoms with Gasteiger partial charge in [0.05, 0.1) is 0 Å². The molecule has 4 heteroatoms. The number of nitrogens with zero attached hydrogens (tertiary/aromatic N) is 3. The van der Waals surface area contributed by atoms with Crippen molar-refractivity contribution in [3.63, 3.8) is 0 Å². The van der Waals surface area contributed by atoms with Gasteiger partial charge in [-0.15, -0.1) is 0 Å². The van der Waals surface area contributed by atoms with Crippen molar-refractivity contribution in [2.75, 3.05) is 19.3 Å². The Bertz CT molecular complexity index is 800. The molecule has 2 fully saturated rings. The van der Waals surface area contributed by atoms with Crippen LogP contribution in [0.15, 0.2) is 30.6 Å². The Kier molecular flexibility index (Phi) is 3.39. The van der Waals surface area contributed by atoms with Crippen molar-refractivity contribution in [3.05, 3.63) is 41.7 Å². The minimum Gasteiger partial charge on any atom is -0.368 e. The summed E-state index contributed by atoms with van der Waals surface area (Å²) >= 11 is 0. The quantitative estimate of drug-likeness (QED) is 0.868. The molecule has 1 saturated heterocycles. The van der Waals surface area contributed by atoms with Crippen LogP contribution in [-0.4, -0.2) is 34.5 Å². The van der Waals surface area contributed by atoms with Crippen LogP contribution in [0.25, 0.3) is 11.1 Å². The van der Waals surface area contributed by atoms with Crippen LogP contribution in [0.3, 0.4) is 0 Å². The number of fused-ring (bicyclic) bond motifs is 1. The Hall–Kier alpha value is -1.94. The van der Waals surface area contributed by atoms with E-state index in [1.165, 1.54) is 50.6 Å². The molecule has 130 valence electrons. The fourth-order valence-electron chi connectivity index (χ4n) is 5.86. The normalized spacial score (nSPS) is 31.2. The summed E-state index contributed by atoms with van der Waals surface area (Å²) in [6.07, 6.45) is 11.7. The Morgan fingerprint density at radius 3 is 2.80 bits per heavy atom. The van der Waals surface area contributed by atoms with Crippen LogP contribution in [0, 0.1) is 5.92 Å². The average molecular weight is 334 g/mol. The lowest BCUT2D eigenvalue weighted by Gasteiger charge is -2.58. The van der Waals surface area contributed by atoms with Crippen molar-refractivity contribution < 1.29 is 0 Å². The monoisotopic (exact) mass is 334 g/mol. The second-order valence-corrected chi connectivity index (χ2v) is 8.21. The van der Waals surface area contributed by atoms with E-state index >= 15 is 0 Å². The molecule has 2 bridgehead atoms. The smallest absolute Gasteiger partial charge is 0.219 e. The lowest BCUT2D eigenvalue weighted by atomic mass is 9.52. The van der Waals surface area contributed by atoms with E-state index in [4.69, 9.17) is 5.73 Å². The molecule has 1 aliphatic heterocycles. The maximum Gasteiger partial charge on any atom is 0.219 e.